The third-order valence-electron chi connectivity index (χ3n) is 4.24. The third kappa shape index (κ3) is 6.02. The van der Waals surface area contributed by atoms with E-state index in [-0.39, 0.29) is 12.5 Å². The molecule has 0 bridgehead atoms. The molecule has 6 heteroatoms. The minimum absolute atomic E-state index is 0.105. The van der Waals surface area contributed by atoms with Crippen molar-refractivity contribution in [2.24, 2.45) is 5.10 Å². The molecule has 0 saturated heterocycles. The van der Waals surface area contributed by atoms with Crippen LogP contribution in [0.4, 0.5) is 0 Å². The molecule has 0 aliphatic rings. The number of methoxy groups -OCH3 is 2. The van der Waals surface area contributed by atoms with E-state index in [9.17, 15) is 4.79 Å². The summed E-state index contributed by atoms with van der Waals surface area (Å²) in [5.74, 6) is 2.05. The highest BCUT2D eigenvalue weighted by atomic mass is 16.5. The number of amides is 1. The monoisotopic (exact) mass is 370 g/mol. The fourth-order valence-corrected chi connectivity index (χ4v) is 2.42. The van der Waals surface area contributed by atoms with Crippen molar-refractivity contribution in [2.45, 2.75) is 26.2 Å². The number of carbonyl (C=O) groups is 1. The van der Waals surface area contributed by atoms with Gasteiger partial charge in [0.1, 0.15) is 5.75 Å². The summed E-state index contributed by atoms with van der Waals surface area (Å²) in [4.78, 5) is 11.9. The summed E-state index contributed by atoms with van der Waals surface area (Å²) in [6.45, 7) is 4.23. The third-order valence-corrected chi connectivity index (χ3v) is 4.24. The Bertz CT molecular complexity index is 772. The molecule has 1 unspecified atom stereocenters. The average molecular weight is 370 g/mol. The van der Waals surface area contributed by atoms with Crippen LogP contribution in [0.3, 0.4) is 0 Å². The van der Waals surface area contributed by atoms with Gasteiger partial charge in [-0.2, -0.15) is 5.10 Å². The number of nitrogens with zero attached hydrogens (tertiary/aromatic N) is 1. The number of benzene rings is 2. The van der Waals surface area contributed by atoms with Crippen molar-refractivity contribution in [3.05, 3.63) is 53.6 Å². The van der Waals surface area contributed by atoms with E-state index in [2.05, 4.69) is 24.4 Å². The van der Waals surface area contributed by atoms with Gasteiger partial charge in [0.25, 0.3) is 5.91 Å². The van der Waals surface area contributed by atoms with Crippen LogP contribution in [0, 0.1) is 0 Å². The van der Waals surface area contributed by atoms with Crippen molar-refractivity contribution in [2.75, 3.05) is 20.8 Å². The first kappa shape index (κ1) is 20.3. The first-order valence-electron chi connectivity index (χ1n) is 8.84. The average Bonchev–Trinajstić information content (AvgIpc) is 2.71. The summed E-state index contributed by atoms with van der Waals surface area (Å²) in [6, 6.07) is 13.2. The van der Waals surface area contributed by atoms with Crippen LogP contribution in [0.2, 0.25) is 0 Å². The summed E-state index contributed by atoms with van der Waals surface area (Å²) in [5.41, 5.74) is 4.47. The van der Waals surface area contributed by atoms with Gasteiger partial charge in [0, 0.05) is 0 Å². The maximum absolute atomic E-state index is 11.9. The number of hydrogen-bond donors (Lipinski definition) is 1. The molecule has 1 atom stereocenters. The number of carbonyl (C=O) groups excluding carboxylic acids is 1. The van der Waals surface area contributed by atoms with Gasteiger partial charge in [0.15, 0.2) is 18.1 Å². The van der Waals surface area contributed by atoms with Gasteiger partial charge in [-0.25, -0.2) is 5.43 Å². The first-order chi connectivity index (χ1) is 13.1. The molecule has 2 aromatic carbocycles. The highest BCUT2D eigenvalue weighted by molar-refractivity contribution is 5.83. The molecule has 0 spiro atoms. The predicted molar refractivity (Wildman–Crippen MR) is 106 cm³/mol. The second-order valence-corrected chi connectivity index (χ2v) is 6.07. The van der Waals surface area contributed by atoms with Crippen LogP contribution in [0.15, 0.2) is 47.6 Å². The Morgan fingerprint density at radius 2 is 1.81 bits per heavy atom. The molecule has 0 heterocycles. The van der Waals surface area contributed by atoms with Crippen molar-refractivity contribution in [1.29, 1.82) is 0 Å². The van der Waals surface area contributed by atoms with E-state index in [1.165, 1.54) is 11.8 Å². The minimum Gasteiger partial charge on any atom is -0.493 e. The van der Waals surface area contributed by atoms with E-state index in [1.54, 1.807) is 26.4 Å². The zero-order valence-corrected chi connectivity index (χ0v) is 16.2. The second-order valence-electron chi connectivity index (χ2n) is 6.07. The van der Waals surface area contributed by atoms with E-state index in [0.717, 1.165) is 12.0 Å². The van der Waals surface area contributed by atoms with Gasteiger partial charge in [-0.05, 0) is 53.8 Å². The SMILES string of the molecule is CCC(C)c1ccc(OCC(=O)N/N=C/c2ccc(OC)c(OC)c2)cc1. The molecule has 1 N–H and O–H groups in total. The number of hydrazone groups is 1. The fraction of sp³-hybridized carbons (Fsp3) is 0.333. The molecule has 0 aromatic heterocycles. The highest BCUT2D eigenvalue weighted by Crippen LogP contribution is 2.26. The molecule has 1 amide bonds. The molecule has 0 radical (unpaired) electrons. The Morgan fingerprint density at radius 3 is 2.44 bits per heavy atom. The van der Waals surface area contributed by atoms with Crippen LogP contribution >= 0.6 is 0 Å². The molecule has 0 aliphatic heterocycles. The van der Waals surface area contributed by atoms with E-state index in [0.29, 0.717) is 23.2 Å². The molecular formula is C21H26N2O4. The summed E-state index contributed by atoms with van der Waals surface area (Å²) in [7, 11) is 3.14. The lowest BCUT2D eigenvalue weighted by Gasteiger charge is -2.10. The normalized spacial score (nSPS) is 11.9. The van der Waals surface area contributed by atoms with Crippen LogP contribution in [0.5, 0.6) is 17.2 Å². The maximum atomic E-state index is 11.9. The highest BCUT2D eigenvalue weighted by Gasteiger charge is 2.05. The maximum Gasteiger partial charge on any atom is 0.277 e. The molecular weight excluding hydrogens is 344 g/mol. The van der Waals surface area contributed by atoms with Gasteiger partial charge in [-0.3, -0.25) is 4.79 Å². The molecule has 27 heavy (non-hydrogen) atoms. The van der Waals surface area contributed by atoms with Crippen LogP contribution in [0.1, 0.15) is 37.3 Å². The van der Waals surface area contributed by atoms with Gasteiger partial charge in [-0.1, -0.05) is 26.0 Å². The smallest absolute Gasteiger partial charge is 0.277 e. The Labute approximate surface area is 160 Å². The van der Waals surface area contributed by atoms with Gasteiger partial charge >= 0.3 is 0 Å². The zero-order valence-electron chi connectivity index (χ0n) is 16.2. The molecule has 6 nitrogen and oxygen atoms in total. The summed E-state index contributed by atoms with van der Waals surface area (Å²) < 4.78 is 15.9. The quantitative estimate of drug-likeness (QED) is 0.539. The predicted octanol–water partition coefficient (Wildman–Crippen LogP) is 3.75. The fourth-order valence-electron chi connectivity index (χ4n) is 2.42. The van der Waals surface area contributed by atoms with Crippen LogP contribution < -0.4 is 19.6 Å². The second kappa shape index (κ2) is 10.2. The van der Waals surface area contributed by atoms with Gasteiger partial charge in [-0.15, -0.1) is 0 Å². The number of nitrogens with one attached hydrogen (secondary N) is 1. The largest absolute Gasteiger partial charge is 0.493 e. The molecule has 0 aliphatic carbocycles. The Kier molecular flexibility index (Phi) is 7.67. The van der Waals surface area contributed by atoms with Crippen molar-refractivity contribution in [3.63, 3.8) is 0 Å². The first-order valence-corrected chi connectivity index (χ1v) is 8.84. The van der Waals surface area contributed by atoms with Crippen LogP contribution in [-0.4, -0.2) is 32.9 Å². The van der Waals surface area contributed by atoms with Gasteiger partial charge in [0.05, 0.1) is 20.4 Å². The lowest BCUT2D eigenvalue weighted by molar-refractivity contribution is -0.123. The Hall–Kier alpha value is -3.02. The van der Waals surface area contributed by atoms with E-state index in [1.807, 2.05) is 30.3 Å². The molecule has 144 valence electrons. The molecule has 2 aromatic rings. The van der Waals surface area contributed by atoms with Gasteiger partial charge < -0.3 is 14.2 Å². The Balaban J connectivity index is 1.83. The van der Waals surface area contributed by atoms with E-state index in [4.69, 9.17) is 14.2 Å². The number of ether oxygens (including phenoxy) is 3. The van der Waals surface area contributed by atoms with Gasteiger partial charge in [0.2, 0.25) is 0 Å². The summed E-state index contributed by atoms with van der Waals surface area (Å²) >= 11 is 0. The zero-order chi connectivity index (χ0) is 19.6. The van der Waals surface area contributed by atoms with Crippen LogP contribution in [0.25, 0.3) is 0 Å². The standard InChI is InChI=1S/C21H26N2O4/c1-5-15(2)17-7-9-18(10-8-17)27-14-21(24)23-22-13-16-6-11-19(25-3)20(12-16)26-4/h6-13,15H,5,14H2,1-4H3,(H,23,24)/b22-13+. The van der Waals surface area contributed by atoms with Crippen molar-refractivity contribution < 1.29 is 19.0 Å². The number of hydrogen-bond acceptors (Lipinski definition) is 5. The number of rotatable bonds is 9. The summed E-state index contributed by atoms with van der Waals surface area (Å²) in [6.07, 6.45) is 2.61. The summed E-state index contributed by atoms with van der Waals surface area (Å²) in [5, 5.41) is 3.93. The lowest BCUT2D eigenvalue weighted by Crippen LogP contribution is -2.24. The van der Waals surface area contributed by atoms with Crippen molar-refractivity contribution >= 4 is 12.1 Å². The van der Waals surface area contributed by atoms with Crippen molar-refractivity contribution in [3.8, 4) is 17.2 Å². The lowest BCUT2D eigenvalue weighted by atomic mass is 9.99. The topological polar surface area (TPSA) is 69.2 Å². The van der Waals surface area contributed by atoms with Crippen LogP contribution in [-0.2, 0) is 4.79 Å². The molecule has 2 rings (SSSR count). The van der Waals surface area contributed by atoms with E-state index >= 15 is 0 Å². The Morgan fingerprint density at radius 1 is 1.11 bits per heavy atom. The molecule has 0 fully saturated rings. The minimum atomic E-state index is -0.335. The van der Waals surface area contributed by atoms with Crippen molar-refractivity contribution in [1.82, 2.24) is 5.43 Å². The van der Waals surface area contributed by atoms with E-state index < -0.39 is 0 Å². The molecule has 0 saturated carbocycles.